The number of halogens is 1. The molecule has 1 amide bonds. The molecule has 0 aromatic heterocycles. The average molecular weight is 302 g/mol. The minimum atomic E-state index is -0.268. The van der Waals surface area contributed by atoms with Gasteiger partial charge in [-0.05, 0) is 18.2 Å². The van der Waals surface area contributed by atoms with E-state index in [9.17, 15) is 9.59 Å². The standard InChI is InChI=1S/C13H16ClNO3S/c1-9(6-13(17)18-2)19-8-12(16)15-11-5-3-4-10(14)7-11/h3-5,7,9H,6,8H2,1-2H3,(H,15,16). The molecule has 0 heterocycles. The van der Waals surface area contributed by atoms with E-state index in [1.807, 2.05) is 6.92 Å². The largest absolute Gasteiger partial charge is 0.469 e. The molecule has 0 radical (unpaired) electrons. The lowest BCUT2D eigenvalue weighted by molar-refractivity contribution is -0.140. The van der Waals surface area contributed by atoms with Gasteiger partial charge in [-0.1, -0.05) is 24.6 Å². The number of hydrogen-bond acceptors (Lipinski definition) is 4. The fourth-order valence-electron chi connectivity index (χ4n) is 1.36. The van der Waals surface area contributed by atoms with Crippen LogP contribution >= 0.6 is 23.4 Å². The molecule has 0 aliphatic rings. The van der Waals surface area contributed by atoms with Gasteiger partial charge in [0.2, 0.25) is 5.91 Å². The lowest BCUT2D eigenvalue weighted by atomic mass is 10.3. The fraction of sp³-hybridized carbons (Fsp3) is 0.385. The van der Waals surface area contributed by atoms with Crippen LogP contribution in [0.15, 0.2) is 24.3 Å². The maximum Gasteiger partial charge on any atom is 0.306 e. The smallest absolute Gasteiger partial charge is 0.306 e. The van der Waals surface area contributed by atoms with Crippen molar-refractivity contribution in [3.63, 3.8) is 0 Å². The highest BCUT2D eigenvalue weighted by molar-refractivity contribution is 8.00. The topological polar surface area (TPSA) is 55.4 Å². The molecule has 0 bridgehead atoms. The molecule has 1 unspecified atom stereocenters. The Hall–Kier alpha value is -1.20. The van der Waals surface area contributed by atoms with Crippen molar-refractivity contribution in [3.8, 4) is 0 Å². The van der Waals surface area contributed by atoms with Crippen LogP contribution in [-0.2, 0) is 14.3 Å². The van der Waals surface area contributed by atoms with Gasteiger partial charge in [0.1, 0.15) is 0 Å². The first kappa shape index (κ1) is 15.9. The number of methoxy groups -OCH3 is 1. The zero-order chi connectivity index (χ0) is 14.3. The van der Waals surface area contributed by atoms with Crippen molar-refractivity contribution in [2.45, 2.75) is 18.6 Å². The monoisotopic (exact) mass is 301 g/mol. The van der Waals surface area contributed by atoms with Gasteiger partial charge in [-0.15, -0.1) is 11.8 Å². The highest BCUT2D eigenvalue weighted by Crippen LogP contribution is 2.17. The Morgan fingerprint density at radius 1 is 1.47 bits per heavy atom. The van der Waals surface area contributed by atoms with E-state index in [1.54, 1.807) is 24.3 Å². The first-order valence-electron chi connectivity index (χ1n) is 5.75. The number of hydrogen-bond donors (Lipinski definition) is 1. The summed E-state index contributed by atoms with van der Waals surface area (Å²) in [5.74, 6) is -0.107. The highest BCUT2D eigenvalue weighted by Gasteiger charge is 2.12. The van der Waals surface area contributed by atoms with Crippen LogP contribution in [-0.4, -0.2) is 30.0 Å². The predicted molar refractivity (Wildman–Crippen MR) is 78.6 cm³/mol. The number of benzene rings is 1. The van der Waals surface area contributed by atoms with Crippen LogP contribution in [0.2, 0.25) is 5.02 Å². The summed E-state index contributed by atoms with van der Waals surface area (Å²) in [5, 5.41) is 3.36. The number of esters is 1. The number of anilines is 1. The minimum Gasteiger partial charge on any atom is -0.469 e. The van der Waals surface area contributed by atoms with Crippen LogP contribution in [0.25, 0.3) is 0 Å². The summed E-state index contributed by atoms with van der Waals surface area (Å²) in [6.07, 6.45) is 0.297. The third-order valence-electron chi connectivity index (χ3n) is 2.29. The predicted octanol–water partition coefficient (Wildman–Crippen LogP) is 2.96. The summed E-state index contributed by atoms with van der Waals surface area (Å²) in [7, 11) is 1.35. The molecule has 6 heteroatoms. The molecule has 104 valence electrons. The first-order valence-corrected chi connectivity index (χ1v) is 7.17. The summed E-state index contributed by atoms with van der Waals surface area (Å²) in [4.78, 5) is 22.7. The molecule has 1 rings (SSSR count). The van der Waals surface area contributed by atoms with Crippen LogP contribution in [0.1, 0.15) is 13.3 Å². The van der Waals surface area contributed by atoms with Crippen LogP contribution in [0.4, 0.5) is 5.69 Å². The Balaban J connectivity index is 2.34. The molecule has 0 spiro atoms. The quantitative estimate of drug-likeness (QED) is 0.821. The molecule has 0 fully saturated rings. The zero-order valence-corrected chi connectivity index (χ0v) is 12.4. The Bertz CT molecular complexity index is 453. The second-order valence-corrected chi connectivity index (χ2v) is 5.82. The maximum atomic E-state index is 11.7. The van der Waals surface area contributed by atoms with Gasteiger partial charge in [0, 0.05) is 16.0 Å². The molecular formula is C13H16ClNO3S. The van der Waals surface area contributed by atoms with Gasteiger partial charge in [0.25, 0.3) is 0 Å². The summed E-state index contributed by atoms with van der Waals surface area (Å²) < 4.78 is 4.57. The summed E-state index contributed by atoms with van der Waals surface area (Å²) in [6, 6.07) is 6.96. The summed E-state index contributed by atoms with van der Waals surface area (Å²) in [6.45, 7) is 1.88. The zero-order valence-electron chi connectivity index (χ0n) is 10.8. The summed E-state index contributed by atoms with van der Waals surface area (Å²) >= 11 is 7.23. The van der Waals surface area contributed by atoms with Gasteiger partial charge in [-0.3, -0.25) is 9.59 Å². The van der Waals surface area contributed by atoms with Crippen molar-refractivity contribution in [1.29, 1.82) is 0 Å². The second kappa shape index (κ2) is 8.07. The molecule has 0 aliphatic carbocycles. The number of carbonyl (C=O) groups excluding carboxylic acids is 2. The van der Waals surface area contributed by atoms with E-state index in [1.165, 1.54) is 18.9 Å². The molecular weight excluding hydrogens is 286 g/mol. The van der Waals surface area contributed by atoms with Crippen LogP contribution < -0.4 is 5.32 Å². The van der Waals surface area contributed by atoms with Crippen molar-refractivity contribution in [2.75, 3.05) is 18.2 Å². The fourth-order valence-corrected chi connectivity index (χ4v) is 2.31. The van der Waals surface area contributed by atoms with Crippen LogP contribution in [0, 0.1) is 0 Å². The van der Waals surface area contributed by atoms with E-state index >= 15 is 0 Å². The third-order valence-corrected chi connectivity index (χ3v) is 3.69. The van der Waals surface area contributed by atoms with Crippen molar-refractivity contribution >= 4 is 40.9 Å². The van der Waals surface area contributed by atoms with E-state index in [0.29, 0.717) is 17.1 Å². The number of rotatable bonds is 6. The van der Waals surface area contributed by atoms with E-state index in [-0.39, 0.29) is 22.9 Å². The van der Waals surface area contributed by atoms with Crippen molar-refractivity contribution in [1.82, 2.24) is 0 Å². The molecule has 1 aromatic rings. The number of nitrogens with one attached hydrogen (secondary N) is 1. The Morgan fingerprint density at radius 2 is 2.21 bits per heavy atom. The number of thioether (sulfide) groups is 1. The SMILES string of the molecule is COC(=O)CC(C)SCC(=O)Nc1cccc(Cl)c1. The average Bonchev–Trinajstić information content (AvgIpc) is 2.36. The number of ether oxygens (including phenoxy) is 1. The van der Waals surface area contributed by atoms with Crippen LogP contribution in [0.3, 0.4) is 0 Å². The molecule has 19 heavy (non-hydrogen) atoms. The van der Waals surface area contributed by atoms with Gasteiger partial charge in [-0.25, -0.2) is 0 Å². The van der Waals surface area contributed by atoms with Gasteiger partial charge >= 0.3 is 5.97 Å². The van der Waals surface area contributed by atoms with Crippen molar-refractivity contribution in [2.24, 2.45) is 0 Å². The molecule has 1 atom stereocenters. The lowest BCUT2D eigenvalue weighted by Crippen LogP contribution is -2.17. The molecule has 1 N–H and O–H groups in total. The van der Waals surface area contributed by atoms with Gasteiger partial charge in [0.15, 0.2) is 0 Å². The molecule has 0 saturated carbocycles. The lowest BCUT2D eigenvalue weighted by Gasteiger charge is -2.10. The Labute approximate surface area is 121 Å². The molecule has 0 aliphatic heterocycles. The van der Waals surface area contributed by atoms with E-state index in [0.717, 1.165) is 0 Å². The third kappa shape index (κ3) is 6.50. The second-order valence-electron chi connectivity index (χ2n) is 3.96. The van der Waals surface area contributed by atoms with Gasteiger partial charge in [0.05, 0.1) is 19.3 Å². The maximum absolute atomic E-state index is 11.7. The van der Waals surface area contributed by atoms with E-state index < -0.39 is 0 Å². The minimum absolute atomic E-state index is 0.0394. The van der Waals surface area contributed by atoms with E-state index in [4.69, 9.17) is 11.6 Å². The van der Waals surface area contributed by atoms with Crippen molar-refractivity contribution < 1.29 is 14.3 Å². The van der Waals surface area contributed by atoms with Crippen molar-refractivity contribution in [3.05, 3.63) is 29.3 Å². The first-order chi connectivity index (χ1) is 9.01. The normalized spacial score (nSPS) is 11.7. The Morgan fingerprint density at radius 3 is 2.84 bits per heavy atom. The number of carbonyl (C=O) groups is 2. The van der Waals surface area contributed by atoms with Crippen LogP contribution in [0.5, 0.6) is 0 Å². The molecule has 1 aromatic carbocycles. The molecule has 4 nitrogen and oxygen atoms in total. The number of amides is 1. The van der Waals surface area contributed by atoms with E-state index in [2.05, 4.69) is 10.1 Å². The van der Waals surface area contributed by atoms with Gasteiger partial charge < -0.3 is 10.1 Å². The Kier molecular flexibility index (Phi) is 6.73. The summed E-state index contributed by atoms with van der Waals surface area (Å²) in [5.41, 5.74) is 0.665. The highest BCUT2D eigenvalue weighted by atomic mass is 35.5. The molecule has 0 saturated heterocycles. The van der Waals surface area contributed by atoms with Gasteiger partial charge in [-0.2, -0.15) is 0 Å².